The van der Waals surface area contributed by atoms with Crippen molar-refractivity contribution in [3.8, 4) is 6.07 Å². The minimum Gasteiger partial charge on any atom is -0.309 e. The SMILES string of the molecule is N#CCC(=O)Nc1cnc(Cl)cn1. The molecule has 0 aliphatic rings. The quantitative estimate of drug-likeness (QED) is 0.765. The Morgan fingerprint density at radius 3 is 2.92 bits per heavy atom. The predicted molar refractivity (Wildman–Crippen MR) is 45.9 cm³/mol. The maximum absolute atomic E-state index is 10.9. The molecule has 0 bridgehead atoms. The second kappa shape index (κ2) is 4.38. The van der Waals surface area contributed by atoms with Gasteiger partial charge in [0, 0.05) is 0 Å². The zero-order chi connectivity index (χ0) is 9.68. The van der Waals surface area contributed by atoms with E-state index in [1.54, 1.807) is 6.07 Å². The molecule has 0 saturated carbocycles. The van der Waals surface area contributed by atoms with Gasteiger partial charge in [0.1, 0.15) is 11.6 Å². The van der Waals surface area contributed by atoms with E-state index in [9.17, 15) is 4.79 Å². The Morgan fingerprint density at radius 2 is 2.38 bits per heavy atom. The molecular weight excluding hydrogens is 192 g/mol. The summed E-state index contributed by atoms with van der Waals surface area (Å²) in [5.74, 6) is -0.135. The zero-order valence-corrected chi connectivity index (χ0v) is 7.25. The molecule has 0 fully saturated rings. The van der Waals surface area contributed by atoms with Gasteiger partial charge in [-0.3, -0.25) is 4.79 Å². The molecule has 1 N–H and O–H groups in total. The number of nitriles is 1. The van der Waals surface area contributed by atoms with Gasteiger partial charge in [0.15, 0.2) is 5.82 Å². The molecule has 0 spiro atoms. The van der Waals surface area contributed by atoms with Crippen molar-refractivity contribution in [1.82, 2.24) is 9.97 Å². The minimum absolute atomic E-state index is 0.204. The topological polar surface area (TPSA) is 78.7 Å². The van der Waals surface area contributed by atoms with Crippen LogP contribution in [0.1, 0.15) is 6.42 Å². The van der Waals surface area contributed by atoms with Gasteiger partial charge in [-0.2, -0.15) is 5.26 Å². The number of nitrogens with one attached hydrogen (secondary N) is 1. The van der Waals surface area contributed by atoms with E-state index < -0.39 is 5.91 Å². The van der Waals surface area contributed by atoms with Gasteiger partial charge in [0.2, 0.25) is 5.91 Å². The van der Waals surface area contributed by atoms with Gasteiger partial charge in [-0.1, -0.05) is 11.6 Å². The molecule has 13 heavy (non-hydrogen) atoms. The number of halogens is 1. The van der Waals surface area contributed by atoms with E-state index >= 15 is 0 Å². The predicted octanol–water partition coefficient (Wildman–Crippen LogP) is 0.982. The number of nitrogens with zero attached hydrogens (tertiary/aromatic N) is 3. The van der Waals surface area contributed by atoms with Crippen LogP contribution < -0.4 is 5.32 Å². The molecule has 1 heterocycles. The van der Waals surface area contributed by atoms with Crippen molar-refractivity contribution in [1.29, 1.82) is 5.26 Å². The van der Waals surface area contributed by atoms with Crippen molar-refractivity contribution in [2.45, 2.75) is 6.42 Å². The van der Waals surface area contributed by atoms with E-state index in [0.717, 1.165) is 0 Å². The summed E-state index contributed by atoms with van der Waals surface area (Å²) in [6, 6.07) is 1.71. The normalized spacial score (nSPS) is 8.92. The summed E-state index contributed by atoms with van der Waals surface area (Å²) in [5.41, 5.74) is 0. The van der Waals surface area contributed by atoms with Gasteiger partial charge in [-0.25, -0.2) is 9.97 Å². The Morgan fingerprint density at radius 1 is 1.62 bits per heavy atom. The third-order valence-corrected chi connectivity index (χ3v) is 1.32. The molecule has 66 valence electrons. The van der Waals surface area contributed by atoms with Gasteiger partial charge < -0.3 is 5.32 Å². The molecule has 1 rings (SSSR count). The van der Waals surface area contributed by atoms with Crippen molar-refractivity contribution in [2.75, 3.05) is 5.32 Å². The van der Waals surface area contributed by atoms with Gasteiger partial charge in [-0.15, -0.1) is 0 Å². The van der Waals surface area contributed by atoms with Gasteiger partial charge in [0.05, 0.1) is 18.5 Å². The van der Waals surface area contributed by atoms with E-state index in [0.29, 0.717) is 0 Å². The average Bonchev–Trinajstić information content (AvgIpc) is 2.09. The number of carbonyl (C=O) groups excluding carboxylic acids is 1. The Kier molecular flexibility index (Phi) is 3.17. The second-order valence-electron chi connectivity index (χ2n) is 2.11. The summed E-state index contributed by atoms with van der Waals surface area (Å²) >= 11 is 5.47. The van der Waals surface area contributed by atoms with Crippen molar-refractivity contribution in [3.63, 3.8) is 0 Å². The lowest BCUT2D eigenvalue weighted by molar-refractivity contribution is -0.115. The fourth-order valence-electron chi connectivity index (χ4n) is 0.636. The fraction of sp³-hybridized carbons (Fsp3) is 0.143. The van der Waals surface area contributed by atoms with E-state index in [1.165, 1.54) is 12.4 Å². The van der Waals surface area contributed by atoms with Crippen LogP contribution in [0.5, 0.6) is 0 Å². The maximum Gasteiger partial charge on any atom is 0.239 e. The Labute approximate surface area is 79.4 Å². The molecule has 6 heteroatoms. The number of rotatable bonds is 2. The van der Waals surface area contributed by atoms with Crippen molar-refractivity contribution < 1.29 is 4.79 Å². The van der Waals surface area contributed by atoms with Crippen LogP contribution in [0, 0.1) is 11.3 Å². The Balaban J connectivity index is 2.60. The lowest BCUT2D eigenvalue weighted by Crippen LogP contribution is -2.11. The fourth-order valence-corrected chi connectivity index (χ4v) is 0.733. The maximum atomic E-state index is 10.9. The number of carbonyl (C=O) groups is 1. The van der Waals surface area contributed by atoms with Crippen LogP contribution in [0.3, 0.4) is 0 Å². The lowest BCUT2D eigenvalue weighted by atomic mass is 10.4. The highest BCUT2D eigenvalue weighted by Gasteiger charge is 2.01. The first kappa shape index (κ1) is 9.42. The van der Waals surface area contributed by atoms with E-state index in [1.807, 2.05) is 0 Å². The molecule has 0 radical (unpaired) electrons. The first-order chi connectivity index (χ1) is 6.22. The Bertz CT molecular complexity index is 343. The van der Waals surface area contributed by atoms with Crippen molar-refractivity contribution in [2.24, 2.45) is 0 Å². The minimum atomic E-state index is -0.417. The van der Waals surface area contributed by atoms with E-state index in [-0.39, 0.29) is 17.4 Å². The standard InChI is InChI=1S/C7H5ClN4O/c8-5-3-11-6(4-10-5)12-7(13)1-2-9/h3-4H,1H2,(H,11,12,13). The molecule has 1 amide bonds. The van der Waals surface area contributed by atoms with Gasteiger partial charge >= 0.3 is 0 Å². The summed E-state index contributed by atoms with van der Waals surface area (Å²) in [5, 5.41) is 10.8. The molecule has 0 aromatic carbocycles. The summed E-state index contributed by atoms with van der Waals surface area (Å²) in [6.45, 7) is 0. The van der Waals surface area contributed by atoms with Crippen molar-refractivity contribution in [3.05, 3.63) is 17.5 Å². The molecule has 0 aliphatic heterocycles. The highest BCUT2D eigenvalue weighted by molar-refractivity contribution is 6.29. The molecule has 5 nitrogen and oxygen atoms in total. The third kappa shape index (κ3) is 3.05. The summed E-state index contributed by atoms with van der Waals surface area (Å²) < 4.78 is 0. The van der Waals surface area contributed by atoms with Crippen LogP contribution in [-0.2, 0) is 4.79 Å². The van der Waals surface area contributed by atoms with Crippen LogP contribution >= 0.6 is 11.6 Å². The van der Waals surface area contributed by atoms with Crippen LogP contribution in [0.2, 0.25) is 5.15 Å². The second-order valence-corrected chi connectivity index (χ2v) is 2.49. The molecule has 0 saturated heterocycles. The Hall–Kier alpha value is -1.67. The molecule has 0 unspecified atom stereocenters. The lowest BCUT2D eigenvalue weighted by Gasteiger charge is -1.99. The number of amides is 1. The zero-order valence-electron chi connectivity index (χ0n) is 6.49. The number of hydrogen-bond donors (Lipinski definition) is 1. The highest BCUT2D eigenvalue weighted by Crippen LogP contribution is 2.04. The van der Waals surface area contributed by atoms with Crippen LogP contribution in [0.15, 0.2) is 12.4 Å². The summed E-state index contributed by atoms with van der Waals surface area (Å²) in [4.78, 5) is 18.3. The van der Waals surface area contributed by atoms with Gasteiger partial charge in [0.25, 0.3) is 0 Å². The molecule has 1 aromatic rings. The number of anilines is 1. The molecule has 0 aliphatic carbocycles. The van der Waals surface area contributed by atoms with E-state index in [2.05, 4.69) is 15.3 Å². The van der Waals surface area contributed by atoms with E-state index in [4.69, 9.17) is 16.9 Å². The molecule has 1 aromatic heterocycles. The first-order valence-electron chi connectivity index (χ1n) is 3.36. The summed E-state index contributed by atoms with van der Waals surface area (Å²) in [6.07, 6.45) is 2.42. The third-order valence-electron chi connectivity index (χ3n) is 1.13. The van der Waals surface area contributed by atoms with Crippen LogP contribution in [0.4, 0.5) is 5.82 Å². The summed E-state index contributed by atoms with van der Waals surface area (Å²) in [7, 11) is 0. The highest BCUT2D eigenvalue weighted by atomic mass is 35.5. The van der Waals surface area contributed by atoms with Crippen LogP contribution in [0.25, 0.3) is 0 Å². The largest absolute Gasteiger partial charge is 0.309 e. The average molecular weight is 197 g/mol. The molecular formula is C7H5ClN4O. The number of aromatic nitrogens is 2. The smallest absolute Gasteiger partial charge is 0.239 e. The van der Waals surface area contributed by atoms with Crippen LogP contribution in [-0.4, -0.2) is 15.9 Å². The number of hydrogen-bond acceptors (Lipinski definition) is 4. The monoisotopic (exact) mass is 196 g/mol. The first-order valence-corrected chi connectivity index (χ1v) is 3.74. The molecule has 0 atom stereocenters. The van der Waals surface area contributed by atoms with Gasteiger partial charge in [-0.05, 0) is 0 Å². The van der Waals surface area contributed by atoms with Crippen molar-refractivity contribution >= 4 is 23.3 Å².